The van der Waals surface area contributed by atoms with E-state index in [1.165, 1.54) is 12.7 Å². The molecule has 31 heavy (non-hydrogen) atoms. The van der Waals surface area contributed by atoms with Crippen LogP contribution in [0.25, 0.3) is 0 Å². The minimum Gasteiger partial charge on any atom is -0.469 e. The van der Waals surface area contributed by atoms with Crippen LogP contribution in [0.4, 0.5) is 0 Å². The Balaban J connectivity index is 2.48. The number of methoxy groups -OCH3 is 2. The van der Waals surface area contributed by atoms with Crippen LogP contribution < -0.4 is 0 Å². The molecular formula is C25H44O5Si. The molecule has 0 bridgehead atoms. The van der Waals surface area contributed by atoms with E-state index in [0.29, 0.717) is 6.61 Å². The largest absolute Gasteiger partial charge is 0.469 e. The van der Waals surface area contributed by atoms with Gasteiger partial charge in [-0.3, -0.25) is 4.79 Å². The van der Waals surface area contributed by atoms with E-state index in [1.807, 2.05) is 13.8 Å². The van der Waals surface area contributed by atoms with Gasteiger partial charge in [0.2, 0.25) is 0 Å². The summed E-state index contributed by atoms with van der Waals surface area (Å²) in [6.07, 6.45) is 8.82. The van der Waals surface area contributed by atoms with E-state index in [4.69, 9.17) is 18.6 Å². The van der Waals surface area contributed by atoms with Crippen molar-refractivity contribution in [2.75, 3.05) is 27.6 Å². The van der Waals surface area contributed by atoms with Crippen LogP contribution in [0, 0.1) is 22.7 Å². The highest BCUT2D eigenvalue weighted by Gasteiger charge is 2.53. The van der Waals surface area contributed by atoms with Gasteiger partial charge < -0.3 is 18.6 Å². The fraction of sp³-hybridized carbons (Fsp3) is 0.800. The number of allylic oxidation sites excluding steroid dienone is 2. The van der Waals surface area contributed by atoms with Crippen LogP contribution in [0.15, 0.2) is 23.8 Å². The maximum absolute atomic E-state index is 12.5. The summed E-state index contributed by atoms with van der Waals surface area (Å²) in [6, 6.07) is 3.38. The Morgan fingerprint density at radius 2 is 1.84 bits per heavy atom. The molecule has 0 spiro atoms. The van der Waals surface area contributed by atoms with Crippen molar-refractivity contribution >= 4 is 14.3 Å². The van der Waals surface area contributed by atoms with E-state index < -0.39 is 13.7 Å². The van der Waals surface area contributed by atoms with Crippen LogP contribution in [-0.2, 0) is 23.4 Å². The number of hydrogen-bond acceptors (Lipinski definition) is 5. The van der Waals surface area contributed by atoms with E-state index >= 15 is 0 Å². The molecule has 0 unspecified atom stereocenters. The molecule has 2 rings (SSSR count). The van der Waals surface area contributed by atoms with Crippen LogP contribution in [0.5, 0.6) is 0 Å². The van der Waals surface area contributed by atoms with E-state index in [2.05, 4.69) is 45.9 Å². The molecule has 2 aliphatic carbocycles. The lowest BCUT2D eigenvalue weighted by Crippen LogP contribution is -2.55. The van der Waals surface area contributed by atoms with Crippen LogP contribution in [0.3, 0.4) is 0 Å². The van der Waals surface area contributed by atoms with Gasteiger partial charge in [0.05, 0.1) is 25.2 Å². The van der Waals surface area contributed by atoms with Gasteiger partial charge in [-0.2, -0.15) is 0 Å². The first-order valence-electron chi connectivity index (χ1n) is 11.8. The fourth-order valence-electron chi connectivity index (χ4n) is 5.41. The maximum Gasteiger partial charge on any atom is 0.311 e. The molecule has 6 heteroatoms. The zero-order chi connectivity index (χ0) is 23.3. The standard InChI is InChI=1S/C25H44O5Si/c1-9-31(10-2,11-3)30-22-15-19(4)14-21-16-20(24(5,6)23(26)28-8)12-13-25(21,22)17-29-18-27-7/h12-14,20-22H,9-11,15-18H2,1-8H3/t20-,21+,22+,25+/m1/s1. The van der Waals surface area contributed by atoms with Gasteiger partial charge in [-0.25, -0.2) is 0 Å². The second-order valence-corrected chi connectivity index (χ2v) is 14.7. The summed E-state index contributed by atoms with van der Waals surface area (Å²) in [5, 5.41) is 0. The summed E-state index contributed by atoms with van der Waals surface area (Å²) >= 11 is 0. The van der Waals surface area contributed by atoms with Gasteiger partial charge in [-0.1, -0.05) is 44.6 Å². The lowest BCUT2D eigenvalue weighted by atomic mass is 9.57. The number of ether oxygens (including phenoxy) is 3. The number of hydrogen-bond donors (Lipinski definition) is 0. The normalized spacial score (nSPS) is 28.8. The van der Waals surface area contributed by atoms with Gasteiger partial charge in [0.25, 0.3) is 0 Å². The summed E-state index contributed by atoms with van der Waals surface area (Å²) in [4.78, 5) is 12.5. The van der Waals surface area contributed by atoms with Gasteiger partial charge in [0, 0.05) is 12.5 Å². The third-order valence-electron chi connectivity index (χ3n) is 7.95. The average molecular weight is 453 g/mol. The molecule has 0 heterocycles. The Hall–Kier alpha value is -0.953. The molecule has 0 aromatic carbocycles. The summed E-state index contributed by atoms with van der Waals surface area (Å²) in [7, 11) is 1.32. The zero-order valence-corrected chi connectivity index (χ0v) is 22.0. The first-order chi connectivity index (χ1) is 14.6. The van der Waals surface area contributed by atoms with Crippen molar-refractivity contribution in [2.24, 2.45) is 22.7 Å². The Kier molecular flexibility index (Phi) is 9.14. The number of carbonyl (C=O) groups is 1. The SMILES string of the molecule is CC[Si](CC)(CC)O[C@H]1CC(C)=C[C@H]2C[C@H](C(C)(C)C(=O)OC)C=C[C@@]12COCOC. The monoisotopic (exact) mass is 452 g/mol. The Bertz CT molecular complexity index is 659. The molecule has 0 radical (unpaired) electrons. The first kappa shape index (κ1) is 26.3. The zero-order valence-electron chi connectivity index (χ0n) is 21.0. The topological polar surface area (TPSA) is 54.0 Å². The van der Waals surface area contributed by atoms with Crippen molar-refractivity contribution in [3.8, 4) is 0 Å². The van der Waals surface area contributed by atoms with Gasteiger partial charge in [0.15, 0.2) is 8.32 Å². The average Bonchev–Trinajstić information content (AvgIpc) is 2.77. The number of rotatable bonds is 11. The van der Waals surface area contributed by atoms with Gasteiger partial charge in [0.1, 0.15) is 6.79 Å². The number of fused-ring (bicyclic) bond motifs is 1. The lowest BCUT2D eigenvalue weighted by Gasteiger charge is -2.52. The Morgan fingerprint density at radius 3 is 2.39 bits per heavy atom. The molecular weight excluding hydrogens is 408 g/mol. The Morgan fingerprint density at radius 1 is 1.19 bits per heavy atom. The molecule has 0 fully saturated rings. The molecule has 0 aliphatic heterocycles. The number of esters is 1. The highest BCUT2D eigenvalue weighted by molar-refractivity contribution is 6.73. The van der Waals surface area contributed by atoms with Crippen molar-refractivity contribution < 1.29 is 23.4 Å². The van der Waals surface area contributed by atoms with Crippen molar-refractivity contribution in [1.29, 1.82) is 0 Å². The summed E-state index contributed by atoms with van der Waals surface area (Å²) in [5.74, 6) is 0.192. The minimum absolute atomic E-state index is 0.0873. The molecule has 2 aliphatic rings. The van der Waals surface area contributed by atoms with Crippen molar-refractivity contribution in [1.82, 2.24) is 0 Å². The molecule has 0 aromatic heterocycles. The third-order valence-corrected chi connectivity index (χ3v) is 12.6. The summed E-state index contributed by atoms with van der Waals surface area (Å²) in [6.45, 7) is 13.8. The number of carbonyl (C=O) groups excluding carboxylic acids is 1. The van der Waals surface area contributed by atoms with Gasteiger partial charge in [-0.15, -0.1) is 0 Å². The predicted octanol–water partition coefficient (Wildman–Crippen LogP) is 5.73. The second kappa shape index (κ2) is 10.8. The molecule has 0 saturated heterocycles. The molecule has 178 valence electrons. The second-order valence-electron chi connectivity index (χ2n) is 9.96. The third kappa shape index (κ3) is 5.35. The van der Waals surface area contributed by atoms with Crippen LogP contribution in [0.2, 0.25) is 18.1 Å². The maximum atomic E-state index is 12.5. The van der Waals surface area contributed by atoms with E-state index in [9.17, 15) is 4.79 Å². The van der Waals surface area contributed by atoms with Crippen LogP contribution >= 0.6 is 0 Å². The van der Waals surface area contributed by atoms with Gasteiger partial charge in [-0.05, 0) is 63.6 Å². The smallest absolute Gasteiger partial charge is 0.311 e. The minimum atomic E-state index is -1.80. The van der Waals surface area contributed by atoms with E-state index in [0.717, 1.165) is 31.0 Å². The van der Waals surface area contributed by atoms with Crippen molar-refractivity contribution in [3.05, 3.63) is 23.8 Å². The van der Waals surface area contributed by atoms with Crippen LogP contribution in [0.1, 0.15) is 54.4 Å². The molecule has 5 nitrogen and oxygen atoms in total. The van der Waals surface area contributed by atoms with Crippen molar-refractivity contribution in [2.45, 2.75) is 78.6 Å². The van der Waals surface area contributed by atoms with E-state index in [-0.39, 0.29) is 36.1 Å². The highest BCUT2D eigenvalue weighted by Crippen LogP contribution is 2.53. The molecule has 4 atom stereocenters. The summed E-state index contributed by atoms with van der Waals surface area (Å²) < 4.78 is 23.4. The van der Waals surface area contributed by atoms with Crippen molar-refractivity contribution in [3.63, 3.8) is 0 Å². The van der Waals surface area contributed by atoms with Crippen LogP contribution in [-0.4, -0.2) is 48.0 Å². The molecule has 0 amide bonds. The molecule has 0 N–H and O–H groups in total. The predicted molar refractivity (Wildman–Crippen MR) is 127 cm³/mol. The highest BCUT2D eigenvalue weighted by atomic mass is 28.4. The summed E-state index contributed by atoms with van der Waals surface area (Å²) in [5.41, 5.74) is 0.557. The molecule has 0 aromatic rings. The first-order valence-corrected chi connectivity index (χ1v) is 14.4. The fourth-order valence-corrected chi connectivity index (χ4v) is 8.31. The quantitative estimate of drug-likeness (QED) is 0.132. The Labute approximate surface area is 190 Å². The lowest BCUT2D eigenvalue weighted by molar-refractivity contribution is -0.154. The van der Waals surface area contributed by atoms with E-state index in [1.54, 1.807) is 7.11 Å². The van der Waals surface area contributed by atoms with Gasteiger partial charge >= 0.3 is 5.97 Å². The molecule has 0 saturated carbocycles.